The van der Waals surface area contributed by atoms with Gasteiger partial charge in [-0.05, 0) is 6.92 Å². The van der Waals surface area contributed by atoms with Crippen LogP contribution < -0.4 is 10.5 Å². The summed E-state index contributed by atoms with van der Waals surface area (Å²) in [4.78, 5) is 31.8. The van der Waals surface area contributed by atoms with Crippen LogP contribution in [0.5, 0.6) is 0 Å². The standard InChI is InChI=1S/C13H16N6O2S/c1-9-15-16-13(22-9)19-5-3-18(4-6-19)12(21)10-7-11(20)17(2)8-14-10/h7-8H,3-6H2,1-2H3. The molecular weight excluding hydrogens is 304 g/mol. The molecule has 8 nitrogen and oxygen atoms in total. The minimum atomic E-state index is -0.235. The Morgan fingerprint density at radius 3 is 2.55 bits per heavy atom. The second-order valence-corrected chi connectivity index (χ2v) is 6.27. The van der Waals surface area contributed by atoms with Crippen molar-refractivity contribution >= 4 is 22.4 Å². The molecule has 0 spiro atoms. The monoisotopic (exact) mass is 320 g/mol. The highest BCUT2D eigenvalue weighted by molar-refractivity contribution is 7.15. The van der Waals surface area contributed by atoms with Crippen LogP contribution >= 0.6 is 11.3 Å². The molecule has 2 aromatic rings. The number of carbonyl (C=O) groups excluding carboxylic acids is 1. The quantitative estimate of drug-likeness (QED) is 0.768. The summed E-state index contributed by atoms with van der Waals surface area (Å²) in [6.45, 7) is 4.47. The summed E-state index contributed by atoms with van der Waals surface area (Å²) in [5.41, 5.74) is -0.0374. The molecule has 22 heavy (non-hydrogen) atoms. The minimum absolute atomic E-state index is 0.198. The number of hydrogen-bond donors (Lipinski definition) is 0. The van der Waals surface area contributed by atoms with E-state index in [0.717, 1.165) is 10.1 Å². The van der Waals surface area contributed by atoms with Crippen LogP contribution in [0.25, 0.3) is 0 Å². The smallest absolute Gasteiger partial charge is 0.272 e. The van der Waals surface area contributed by atoms with Gasteiger partial charge in [0.25, 0.3) is 11.5 Å². The van der Waals surface area contributed by atoms with Crippen LogP contribution in [0, 0.1) is 6.92 Å². The van der Waals surface area contributed by atoms with Crippen LogP contribution in [0.15, 0.2) is 17.2 Å². The summed E-state index contributed by atoms with van der Waals surface area (Å²) < 4.78 is 1.34. The number of aryl methyl sites for hydroxylation is 2. The van der Waals surface area contributed by atoms with E-state index in [1.807, 2.05) is 6.92 Å². The largest absolute Gasteiger partial charge is 0.343 e. The molecular formula is C13H16N6O2S. The van der Waals surface area contributed by atoms with E-state index in [1.54, 1.807) is 23.3 Å². The Kier molecular flexibility index (Phi) is 3.88. The predicted molar refractivity (Wildman–Crippen MR) is 82.2 cm³/mol. The average molecular weight is 320 g/mol. The van der Waals surface area contributed by atoms with Gasteiger partial charge < -0.3 is 14.4 Å². The fraction of sp³-hybridized carbons (Fsp3) is 0.462. The van der Waals surface area contributed by atoms with Gasteiger partial charge in [-0.3, -0.25) is 9.59 Å². The summed E-state index contributed by atoms with van der Waals surface area (Å²) in [5.74, 6) is -0.203. The number of piperazine rings is 1. The number of aromatic nitrogens is 4. The molecule has 0 bridgehead atoms. The summed E-state index contributed by atoms with van der Waals surface area (Å²) in [6.07, 6.45) is 1.37. The number of anilines is 1. The van der Waals surface area contributed by atoms with E-state index in [1.165, 1.54) is 17.0 Å². The lowest BCUT2D eigenvalue weighted by Gasteiger charge is -2.34. The van der Waals surface area contributed by atoms with E-state index in [4.69, 9.17) is 0 Å². The molecule has 3 heterocycles. The van der Waals surface area contributed by atoms with Gasteiger partial charge >= 0.3 is 0 Å². The third kappa shape index (κ3) is 2.84. The predicted octanol–water partition coefficient (Wildman–Crippen LogP) is -0.0974. The maximum Gasteiger partial charge on any atom is 0.272 e. The average Bonchev–Trinajstić information content (AvgIpc) is 2.96. The molecule has 116 valence electrons. The first-order valence-electron chi connectivity index (χ1n) is 6.91. The SMILES string of the molecule is Cc1nnc(N2CCN(C(=O)c3cc(=O)n(C)cn3)CC2)s1. The van der Waals surface area contributed by atoms with Gasteiger partial charge in [-0.25, -0.2) is 4.98 Å². The molecule has 1 fully saturated rings. The van der Waals surface area contributed by atoms with E-state index < -0.39 is 0 Å². The van der Waals surface area contributed by atoms with E-state index in [2.05, 4.69) is 20.1 Å². The number of amides is 1. The number of carbonyl (C=O) groups is 1. The number of hydrogen-bond acceptors (Lipinski definition) is 7. The highest BCUT2D eigenvalue weighted by Crippen LogP contribution is 2.21. The van der Waals surface area contributed by atoms with E-state index in [0.29, 0.717) is 26.2 Å². The van der Waals surface area contributed by atoms with Crippen LogP contribution in [0.2, 0.25) is 0 Å². The molecule has 0 aliphatic carbocycles. The van der Waals surface area contributed by atoms with Crippen LogP contribution in [0.4, 0.5) is 5.13 Å². The third-order valence-corrected chi connectivity index (χ3v) is 4.45. The van der Waals surface area contributed by atoms with Crippen molar-refractivity contribution in [3.8, 4) is 0 Å². The Balaban J connectivity index is 1.66. The molecule has 1 amide bonds. The number of nitrogens with zero attached hydrogens (tertiary/aromatic N) is 6. The molecule has 9 heteroatoms. The molecule has 1 aliphatic heterocycles. The van der Waals surface area contributed by atoms with Gasteiger partial charge in [-0.1, -0.05) is 11.3 Å². The zero-order valence-electron chi connectivity index (χ0n) is 12.4. The van der Waals surface area contributed by atoms with Gasteiger partial charge in [0.15, 0.2) is 0 Å². The Morgan fingerprint density at radius 2 is 1.95 bits per heavy atom. The maximum absolute atomic E-state index is 12.4. The Bertz CT molecular complexity index is 747. The van der Waals surface area contributed by atoms with Crippen LogP contribution in [-0.2, 0) is 7.05 Å². The molecule has 1 aliphatic rings. The topological polar surface area (TPSA) is 84.2 Å². The van der Waals surface area contributed by atoms with E-state index in [-0.39, 0.29) is 17.2 Å². The van der Waals surface area contributed by atoms with Crippen molar-refractivity contribution in [1.82, 2.24) is 24.6 Å². The zero-order valence-corrected chi connectivity index (χ0v) is 13.2. The third-order valence-electron chi connectivity index (χ3n) is 3.55. The lowest BCUT2D eigenvalue weighted by molar-refractivity contribution is 0.0740. The van der Waals surface area contributed by atoms with Crippen molar-refractivity contribution in [3.05, 3.63) is 33.4 Å². The van der Waals surface area contributed by atoms with Crippen molar-refractivity contribution in [3.63, 3.8) is 0 Å². The summed E-state index contributed by atoms with van der Waals surface area (Å²) in [7, 11) is 1.60. The van der Waals surface area contributed by atoms with Crippen molar-refractivity contribution in [2.75, 3.05) is 31.1 Å². The normalized spacial score (nSPS) is 15.2. The molecule has 0 unspecified atom stereocenters. The van der Waals surface area contributed by atoms with Crippen LogP contribution in [0.3, 0.4) is 0 Å². The second-order valence-electron chi connectivity index (χ2n) is 5.11. The molecule has 1 saturated heterocycles. The molecule has 0 atom stereocenters. The lowest BCUT2D eigenvalue weighted by atomic mass is 10.3. The van der Waals surface area contributed by atoms with Gasteiger partial charge in [0.05, 0.1) is 6.33 Å². The highest BCUT2D eigenvalue weighted by Gasteiger charge is 2.24. The van der Waals surface area contributed by atoms with Crippen LogP contribution in [-0.4, -0.2) is 56.7 Å². The zero-order chi connectivity index (χ0) is 15.7. The molecule has 0 radical (unpaired) electrons. The first-order chi connectivity index (χ1) is 10.5. The Morgan fingerprint density at radius 1 is 1.23 bits per heavy atom. The second kappa shape index (κ2) is 5.84. The van der Waals surface area contributed by atoms with Gasteiger partial charge in [-0.2, -0.15) is 0 Å². The Hall–Kier alpha value is -2.29. The van der Waals surface area contributed by atoms with Crippen molar-refractivity contribution in [2.45, 2.75) is 6.92 Å². The first kappa shape index (κ1) is 14.6. The number of rotatable bonds is 2. The van der Waals surface area contributed by atoms with Crippen molar-refractivity contribution < 1.29 is 4.79 Å². The maximum atomic E-state index is 12.4. The van der Waals surface area contributed by atoms with Gasteiger partial charge in [0.1, 0.15) is 10.7 Å². The van der Waals surface area contributed by atoms with E-state index >= 15 is 0 Å². The summed E-state index contributed by atoms with van der Waals surface area (Å²) in [5, 5.41) is 9.95. The molecule has 0 saturated carbocycles. The van der Waals surface area contributed by atoms with Gasteiger partial charge in [-0.15, -0.1) is 10.2 Å². The van der Waals surface area contributed by atoms with Crippen LogP contribution in [0.1, 0.15) is 15.5 Å². The lowest BCUT2D eigenvalue weighted by Crippen LogP contribution is -2.49. The molecule has 0 N–H and O–H groups in total. The fourth-order valence-corrected chi connectivity index (χ4v) is 2.99. The van der Waals surface area contributed by atoms with Gasteiger partial charge in [0.2, 0.25) is 5.13 Å². The molecule has 2 aromatic heterocycles. The molecule has 3 rings (SSSR count). The van der Waals surface area contributed by atoms with Gasteiger partial charge in [0, 0.05) is 39.3 Å². The highest BCUT2D eigenvalue weighted by atomic mass is 32.1. The summed E-state index contributed by atoms with van der Waals surface area (Å²) in [6, 6.07) is 1.28. The first-order valence-corrected chi connectivity index (χ1v) is 7.73. The molecule has 0 aromatic carbocycles. The minimum Gasteiger partial charge on any atom is -0.343 e. The Labute approximate surface area is 131 Å². The van der Waals surface area contributed by atoms with Crippen molar-refractivity contribution in [2.24, 2.45) is 7.05 Å². The van der Waals surface area contributed by atoms with Crippen molar-refractivity contribution in [1.29, 1.82) is 0 Å². The van der Waals surface area contributed by atoms with E-state index in [9.17, 15) is 9.59 Å². The fourth-order valence-electron chi connectivity index (χ4n) is 2.26. The summed E-state index contributed by atoms with van der Waals surface area (Å²) >= 11 is 1.55.